The number of thiophene rings is 1. The first kappa shape index (κ1) is 20.0. The van der Waals surface area contributed by atoms with Crippen molar-refractivity contribution in [3.8, 4) is 0 Å². The van der Waals surface area contributed by atoms with E-state index in [0.717, 1.165) is 6.42 Å². The molecule has 0 radical (unpaired) electrons. The van der Waals surface area contributed by atoms with Crippen LogP contribution in [0.5, 0.6) is 0 Å². The summed E-state index contributed by atoms with van der Waals surface area (Å²) in [5.41, 5.74) is 0. The predicted molar refractivity (Wildman–Crippen MR) is 113 cm³/mol. The number of Topliss-reactive ketones (excluding diaryl/α,β-unsaturated/α-hetero) is 1. The van der Waals surface area contributed by atoms with Gasteiger partial charge >= 0.3 is 5.97 Å². The highest BCUT2D eigenvalue weighted by molar-refractivity contribution is 7.98. The monoisotopic (exact) mass is 445 g/mol. The average molecular weight is 446 g/mol. The minimum absolute atomic E-state index is 0.115. The van der Waals surface area contributed by atoms with E-state index < -0.39 is 12.0 Å². The van der Waals surface area contributed by atoms with E-state index in [2.05, 4.69) is 12.2 Å². The number of allylic oxidation sites excluding steroid dienone is 2. The van der Waals surface area contributed by atoms with Gasteiger partial charge in [0.05, 0.1) is 16.7 Å². The van der Waals surface area contributed by atoms with E-state index in [-0.39, 0.29) is 47.9 Å². The highest BCUT2D eigenvalue weighted by Gasteiger charge is 2.67. The van der Waals surface area contributed by atoms with Crippen LogP contribution in [0.15, 0.2) is 29.7 Å². The molecule has 3 fully saturated rings. The quantitative estimate of drug-likeness (QED) is 0.265. The predicted octanol–water partition coefficient (Wildman–Crippen LogP) is 2.65. The number of ketones is 1. The van der Waals surface area contributed by atoms with Gasteiger partial charge in [0, 0.05) is 0 Å². The Morgan fingerprint density at radius 3 is 2.43 bits per heavy atom. The van der Waals surface area contributed by atoms with Gasteiger partial charge in [0.15, 0.2) is 6.61 Å². The molecule has 2 heterocycles. The standard InChI is InChI=1S/C22H23NO5S2/c1-29-8-6-15(22(27)28-10-16(24)17-3-2-7-30-17)23-20(25)18-11-4-5-12(14-9-13(11)14)19(18)21(23)26/h2-5,7,11-15,18-19H,6,8-10H2,1H3/t11-,12-,13-,14-,15+,18-,19+/m0/s1. The first-order valence-electron chi connectivity index (χ1n) is 10.3. The van der Waals surface area contributed by atoms with Crippen molar-refractivity contribution >= 4 is 46.7 Å². The zero-order valence-electron chi connectivity index (χ0n) is 16.6. The van der Waals surface area contributed by atoms with Crippen molar-refractivity contribution < 1.29 is 23.9 Å². The normalized spacial score (nSPS) is 34.0. The molecule has 6 rings (SSSR count). The van der Waals surface area contributed by atoms with Crippen molar-refractivity contribution in [3.05, 3.63) is 34.5 Å². The van der Waals surface area contributed by atoms with E-state index in [1.165, 1.54) is 16.2 Å². The van der Waals surface area contributed by atoms with Crippen molar-refractivity contribution in [2.75, 3.05) is 18.6 Å². The number of hydrogen-bond acceptors (Lipinski definition) is 7. The number of carbonyl (C=O) groups is 4. The molecule has 158 valence electrons. The number of ether oxygens (including phenoxy) is 1. The lowest BCUT2D eigenvalue weighted by Gasteiger charge is -2.37. The average Bonchev–Trinajstić information content (AvgIpc) is 3.32. The van der Waals surface area contributed by atoms with E-state index in [1.807, 2.05) is 6.26 Å². The molecule has 1 saturated heterocycles. The van der Waals surface area contributed by atoms with Crippen LogP contribution in [-0.4, -0.2) is 53.1 Å². The highest BCUT2D eigenvalue weighted by atomic mass is 32.2. The molecular formula is C22H23NO5S2. The largest absolute Gasteiger partial charge is 0.456 e. The molecule has 2 amide bonds. The summed E-state index contributed by atoms with van der Waals surface area (Å²) in [5.74, 6) is -0.228. The highest BCUT2D eigenvalue weighted by Crippen LogP contribution is 2.65. The van der Waals surface area contributed by atoms with Crippen molar-refractivity contribution in [1.82, 2.24) is 4.90 Å². The van der Waals surface area contributed by atoms with E-state index in [9.17, 15) is 19.2 Å². The smallest absolute Gasteiger partial charge is 0.329 e. The maximum absolute atomic E-state index is 13.3. The molecule has 2 bridgehead atoms. The Bertz CT molecular complexity index is 890. The maximum atomic E-state index is 13.3. The van der Waals surface area contributed by atoms with Crippen LogP contribution in [0.4, 0.5) is 0 Å². The number of nitrogens with zero attached hydrogens (tertiary/aromatic N) is 1. The molecule has 2 saturated carbocycles. The van der Waals surface area contributed by atoms with Crippen LogP contribution in [0.25, 0.3) is 0 Å². The van der Waals surface area contributed by atoms with Crippen LogP contribution >= 0.6 is 23.1 Å². The molecule has 4 aliphatic carbocycles. The number of hydrogen-bond donors (Lipinski definition) is 0. The fourth-order valence-corrected chi connectivity index (χ4v) is 6.72. The summed E-state index contributed by atoms with van der Waals surface area (Å²) in [6.45, 7) is -0.380. The summed E-state index contributed by atoms with van der Waals surface area (Å²) >= 11 is 2.83. The topological polar surface area (TPSA) is 80.8 Å². The lowest BCUT2D eigenvalue weighted by atomic mass is 9.63. The molecular weight excluding hydrogens is 422 g/mol. The molecule has 7 atom stereocenters. The van der Waals surface area contributed by atoms with Gasteiger partial charge in [-0.15, -0.1) is 11.3 Å². The summed E-state index contributed by atoms with van der Waals surface area (Å²) in [6.07, 6.45) is 7.57. The Morgan fingerprint density at radius 1 is 1.20 bits per heavy atom. The van der Waals surface area contributed by atoms with Gasteiger partial charge in [-0.3, -0.25) is 19.3 Å². The molecule has 0 N–H and O–H groups in total. The van der Waals surface area contributed by atoms with E-state index in [0.29, 0.717) is 28.9 Å². The molecule has 30 heavy (non-hydrogen) atoms. The number of amides is 2. The van der Waals surface area contributed by atoms with Crippen LogP contribution in [-0.2, 0) is 19.1 Å². The third-order valence-corrected chi connectivity index (χ3v) is 8.57. The lowest BCUT2D eigenvalue weighted by molar-refractivity contribution is -0.158. The molecule has 1 aromatic heterocycles. The number of esters is 1. The van der Waals surface area contributed by atoms with Crippen molar-refractivity contribution in [1.29, 1.82) is 0 Å². The number of imide groups is 1. The number of rotatable bonds is 8. The Labute approximate surface area is 183 Å². The van der Waals surface area contributed by atoms with Gasteiger partial charge in [-0.25, -0.2) is 4.79 Å². The summed E-state index contributed by atoms with van der Waals surface area (Å²) in [6, 6.07) is 2.48. The first-order chi connectivity index (χ1) is 14.5. The SMILES string of the molecule is CSCC[C@H](C(=O)OCC(=O)c1cccs1)N1C(=O)[C@@H]2[C@H]3C=C[C@@H]([C@@H]4C[C@@H]34)[C@@H]2C1=O. The minimum Gasteiger partial charge on any atom is -0.456 e. The second kappa shape index (κ2) is 7.64. The third kappa shape index (κ3) is 3.07. The van der Waals surface area contributed by atoms with Crippen LogP contribution < -0.4 is 0 Å². The zero-order valence-corrected chi connectivity index (χ0v) is 18.2. The number of carbonyl (C=O) groups excluding carboxylic acids is 4. The first-order valence-corrected chi connectivity index (χ1v) is 12.6. The Hall–Kier alpha value is -1.93. The second-order valence-corrected chi connectivity index (χ2v) is 10.4. The molecule has 1 aromatic rings. The molecule has 0 spiro atoms. The Balaban J connectivity index is 1.34. The van der Waals surface area contributed by atoms with Crippen molar-refractivity contribution in [2.45, 2.75) is 18.9 Å². The van der Waals surface area contributed by atoms with E-state index in [4.69, 9.17) is 4.74 Å². The summed E-state index contributed by atoms with van der Waals surface area (Å²) in [4.78, 5) is 53.5. The molecule has 8 heteroatoms. The Morgan fingerprint density at radius 2 is 1.87 bits per heavy atom. The maximum Gasteiger partial charge on any atom is 0.329 e. The van der Waals surface area contributed by atoms with Gasteiger partial charge in [0.1, 0.15) is 6.04 Å². The molecule has 0 unspecified atom stereocenters. The van der Waals surface area contributed by atoms with Gasteiger partial charge in [-0.05, 0) is 60.0 Å². The van der Waals surface area contributed by atoms with Gasteiger partial charge in [-0.1, -0.05) is 18.2 Å². The summed E-state index contributed by atoms with van der Waals surface area (Å²) in [7, 11) is 0. The second-order valence-electron chi connectivity index (χ2n) is 8.51. The molecule has 1 aliphatic heterocycles. The zero-order chi connectivity index (χ0) is 21.0. The lowest BCUT2D eigenvalue weighted by Crippen LogP contribution is -2.47. The van der Waals surface area contributed by atoms with E-state index in [1.54, 1.807) is 29.3 Å². The fraction of sp³-hybridized carbons (Fsp3) is 0.545. The van der Waals surface area contributed by atoms with Gasteiger partial charge in [-0.2, -0.15) is 11.8 Å². The summed E-state index contributed by atoms with van der Waals surface area (Å²) < 4.78 is 5.30. The molecule has 6 nitrogen and oxygen atoms in total. The Kier molecular flexibility index (Phi) is 5.09. The minimum atomic E-state index is -0.963. The van der Waals surface area contributed by atoms with Crippen LogP contribution in [0.2, 0.25) is 0 Å². The number of thioether (sulfide) groups is 1. The van der Waals surface area contributed by atoms with Gasteiger partial charge < -0.3 is 4.74 Å². The number of likely N-dealkylation sites (tertiary alicyclic amines) is 1. The summed E-state index contributed by atoms with van der Waals surface area (Å²) in [5, 5.41) is 1.78. The van der Waals surface area contributed by atoms with Crippen molar-refractivity contribution in [3.63, 3.8) is 0 Å². The van der Waals surface area contributed by atoms with E-state index >= 15 is 0 Å². The molecule has 5 aliphatic rings. The van der Waals surface area contributed by atoms with Crippen LogP contribution in [0.3, 0.4) is 0 Å². The van der Waals surface area contributed by atoms with Crippen LogP contribution in [0, 0.1) is 35.5 Å². The molecule has 0 aromatic carbocycles. The third-order valence-electron chi connectivity index (χ3n) is 7.02. The van der Waals surface area contributed by atoms with Gasteiger partial charge in [0.25, 0.3) is 0 Å². The van der Waals surface area contributed by atoms with Crippen LogP contribution in [0.1, 0.15) is 22.5 Å². The fourth-order valence-electron chi connectivity index (χ4n) is 5.61. The van der Waals surface area contributed by atoms with Gasteiger partial charge in [0.2, 0.25) is 17.6 Å². The van der Waals surface area contributed by atoms with Crippen molar-refractivity contribution in [2.24, 2.45) is 35.5 Å².